The van der Waals surface area contributed by atoms with Gasteiger partial charge in [0.25, 0.3) is 11.4 Å². The molecule has 1 aromatic rings. The molecule has 2 N–H and O–H groups in total. The maximum absolute atomic E-state index is 10.9. The minimum Gasteiger partial charge on any atom is -0.394 e. The molecule has 0 aliphatic rings. The number of hydrogen-bond donors (Lipinski definition) is 2. The SMILES string of the molecule is CCC(C)(CO)Nc1ccc([N+](=O)[O-])cc1[N+](=O)[O-]. The number of nitrogens with zero attached hydrogens (tertiary/aromatic N) is 2. The average molecular weight is 269 g/mol. The van der Waals surface area contributed by atoms with E-state index in [0.717, 1.165) is 6.07 Å². The molecule has 1 rings (SSSR count). The Bertz CT molecular complexity index is 499. The number of nitrogens with one attached hydrogen (secondary N) is 1. The monoisotopic (exact) mass is 269 g/mol. The van der Waals surface area contributed by atoms with Crippen LogP contribution in [0.25, 0.3) is 0 Å². The Morgan fingerprint density at radius 2 is 1.95 bits per heavy atom. The Morgan fingerprint density at radius 3 is 2.37 bits per heavy atom. The van der Waals surface area contributed by atoms with E-state index in [9.17, 15) is 25.3 Å². The maximum Gasteiger partial charge on any atom is 0.299 e. The van der Waals surface area contributed by atoms with Crippen molar-refractivity contribution >= 4 is 17.1 Å². The second-order valence-corrected chi connectivity index (χ2v) is 4.41. The van der Waals surface area contributed by atoms with Crippen molar-refractivity contribution in [3.05, 3.63) is 38.4 Å². The lowest BCUT2D eigenvalue weighted by Gasteiger charge is -2.28. The summed E-state index contributed by atoms with van der Waals surface area (Å²) in [5, 5.41) is 33.7. The van der Waals surface area contributed by atoms with Crippen molar-refractivity contribution < 1.29 is 15.0 Å². The van der Waals surface area contributed by atoms with Gasteiger partial charge in [0, 0.05) is 6.07 Å². The van der Waals surface area contributed by atoms with Crippen LogP contribution in [0, 0.1) is 20.2 Å². The van der Waals surface area contributed by atoms with Gasteiger partial charge >= 0.3 is 0 Å². The first kappa shape index (κ1) is 14.8. The molecule has 0 amide bonds. The van der Waals surface area contributed by atoms with E-state index < -0.39 is 15.4 Å². The van der Waals surface area contributed by atoms with E-state index in [1.807, 2.05) is 6.92 Å². The van der Waals surface area contributed by atoms with Crippen LogP contribution >= 0.6 is 0 Å². The fraction of sp³-hybridized carbons (Fsp3) is 0.455. The number of aliphatic hydroxyl groups is 1. The van der Waals surface area contributed by atoms with Crippen LogP contribution in [-0.2, 0) is 0 Å². The summed E-state index contributed by atoms with van der Waals surface area (Å²) in [7, 11) is 0. The smallest absolute Gasteiger partial charge is 0.299 e. The molecule has 0 saturated carbocycles. The predicted octanol–water partition coefficient (Wildman–Crippen LogP) is 2.08. The number of non-ortho nitro benzene ring substituents is 1. The van der Waals surface area contributed by atoms with Gasteiger partial charge < -0.3 is 10.4 Å². The highest BCUT2D eigenvalue weighted by Crippen LogP contribution is 2.31. The van der Waals surface area contributed by atoms with Crippen LogP contribution in [0.15, 0.2) is 18.2 Å². The summed E-state index contributed by atoms with van der Waals surface area (Å²) in [4.78, 5) is 20.2. The average Bonchev–Trinajstić information content (AvgIpc) is 2.38. The topological polar surface area (TPSA) is 119 Å². The van der Waals surface area contributed by atoms with Gasteiger partial charge in [-0.1, -0.05) is 6.92 Å². The molecule has 0 fully saturated rings. The van der Waals surface area contributed by atoms with E-state index in [1.54, 1.807) is 6.92 Å². The zero-order chi connectivity index (χ0) is 14.6. The summed E-state index contributed by atoms with van der Waals surface area (Å²) >= 11 is 0. The first-order valence-electron chi connectivity index (χ1n) is 5.65. The second-order valence-electron chi connectivity index (χ2n) is 4.41. The van der Waals surface area contributed by atoms with E-state index in [1.165, 1.54) is 12.1 Å². The number of anilines is 1. The molecule has 1 aromatic carbocycles. The van der Waals surface area contributed by atoms with Crippen LogP contribution < -0.4 is 5.32 Å². The summed E-state index contributed by atoms with van der Waals surface area (Å²) < 4.78 is 0. The van der Waals surface area contributed by atoms with Gasteiger partial charge in [0.2, 0.25) is 0 Å². The molecule has 8 heteroatoms. The molecular formula is C11H15N3O5. The van der Waals surface area contributed by atoms with Crippen LogP contribution in [0.3, 0.4) is 0 Å². The van der Waals surface area contributed by atoms with Crippen molar-refractivity contribution in [1.82, 2.24) is 0 Å². The molecule has 0 saturated heterocycles. The second kappa shape index (κ2) is 5.61. The van der Waals surface area contributed by atoms with Crippen LogP contribution in [0.4, 0.5) is 17.1 Å². The molecule has 19 heavy (non-hydrogen) atoms. The van der Waals surface area contributed by atoms with E-state index >= 15 is 0 Å². The van der Waals surface area contributed by atoms with Crippen molar-refractivity contribution in [1.29, 1.82) is 0 Å². The van der Waals surface area contributed by atoms with Crippen molar-refractivity contribution in [2.45, 2.75) is 25.8 Å². The van der Waals surface area contributed by atoms with E-state index in [4.69, 9.17) is 0 Å². The molecule has 104 valence electrons. The Kier molecular flexibility index (Phi) is 4.38. The number of rotatable bonds is 6. The first-order chi connectivity index (χ1) is 8.83. The zero-order valence-corrected chi connectivity index (χ0v) is 10.6. The van der Waals surface area contributed by atoms with Crippen molar-refractivity contribution in [3.63, 3.8) is 0 Å². The normalized spacial score (nSPS) is 13.6. The van der Waals surface area contributed by atoms with E-state index in [-0.39, 0.29) is 23.7 Å². The molecule has 0 heterocycles. The number of aliphatic hydroxyl groups excluding tert-OH is 1. The van der Waals surface area contributed by atoms with Gasteiger partial charge in [0.15, 0.2) is 0 Å². The molecule has 0 aliphatic carbocycles. The van der Waals surface area contributed by atoms with Gasteiger partial charge in [-0.2, -0.15) is 0 Å². The highest BCUT2D eigenvalue weighted by atomic mass is 16.6. The highest BCUT2D eigenvalue weighted by Gasteiger charge is 2.26. The maximum atomic E-state index is 10.9. The van der Waals surface area contributed by atoms with Crippen LogP contribution in [0.1, 0.15) is 20.3 Å². The Morgan fingerprint density at radius 1 is 1.32 bits per heavy atom. The first-order valence-corrected chi connectivity index (χ1v) is 5.65. The third-order valence-electron chi connectivity index (χ3n) is 2.95. The van der Waals surface area contributed by atoms with Gasteiger partial charge in [-0.25, -0.2) is 0 Å². The summed E-state index contributed by atoms with van der Waals surface area (Å²) in [6.45, 7) is 3.32. The minimum absolute atomic E-state index is 0.147. The van der Waals surface area contributed by atoms with Gasteiger partial charge in [0.05, 0.1) is 28.1 Å². The fourth-order valence-electron chi connectivity index (χ4n) is 1.46. The third kappa shape index (κ3) is 3.38. The molecule has 8 nitrogen and oxygen atoms in total. The number of nitro groups is 2. The molecule has 0 spiro atoms. The Labute approximate surface area is 109 Å². The molecule has 1 unspecified atom stereocenters. The highest BCUT2D eigenvalue weighted by molar-refractivity contribution is 5.66. The van der Waals surface area contributed by atoms with Gasteiger partial charge in [-0.15, -0.1) is 0 Å². The van der Waals surface area contributed by atoms with Crippen LogP contribution in [-0.4, -0.2) is 27.1 Å². The standard InChI is InChI=1S/C11H15N3O5/c1-3-11(2,7-15)12-9-5-4-8(13(16)17)6-10(9)14(18)19/h4-6,12,15H,3,7H2,1-2H3. The largest absolute Gasteiger partial charge is 0.394 e. The lowest BCUT2D eigenvalue weighted by molar-refractivity contribution is -0.393. The third-order valence-corrected chi connectivity index (χ3v) is 2.95. The lowest BCUT2D eigenvalue weighted by atomic mass is 9.99. The summed E-state index contributed by atoms with van der Waals surface area (Å²) in [5.74, 6) is 0. The van der Waals surface area contributed by atoms with E-state index in [2.05, 4.69) is 5.32 Å². The van der Waals surface area contributed by atoms with Gasteiger partial charge in [0.1, 0.15) is 5.69 Å². The number of nitro benzene ring substituents is 2. The van der Waals surface area contributed by atoms with Crippen molar-refractivity contribution in [2.24, 2.45) is 0 Å². The molecule has 0 radical (unpaired) electrons. The lowest BCUT2D eigenvalue weighted by Crippen LogP contribution is -2.38. The number of benzene rings is 1. The molecule has 0 aliphatic heterocycles. The quantitative estimate of drug-likeness (QED) is 0.602. The molecule has 0 aromatic heterocycles. The minimum atomic E-state index is -0.721. The summed E-state index contributed by atoms with van der Waals surface area (Å²) in [6.07, 6.45) is 0.539. The summed E-state index contributed by atoms with van der Waals surface area (Å²) in [6, 6.07) is 3.36. The zero-order valence-electron chi connectivity index (χ0n) is 10.6. The van der Waals surface area contributed by atoms with E-state index in [0.29, 0.717) is 6.42 Å². The van der Waals surface area contributed by atoms with Crippen molar-refractivity contribution in [2.75, 3.05) is 11.9 Å². The van der Waals surface area contributed by atoms with Gasteiger partial charge in [-0.3, -0.25) is 20.2 Å². The molecule has 1 atom stereocenters. The van der Waals surface area contributed by atoms with Crippen LogP contribution in [0.2, 0.25) is 0 Å². The van der Waals surface area contributed by atoms with Crippen LogP contribution in [0.5, 0.6) is 0 Å². The molecular weight excluding hydrogens is 254 g/mol. The Hall–Kier alpha value is -2.22. The summed E-state index contributed by atoms with van der Waals surface area (Å²) in [5.41, 5.74) is -1.31. The number of hydrogen-bond acceptors (Lipinski definition) is 6. The van der Waals surface area contributed by atoms with Crippen molar-refractivity contribution in [3.8, 4) is 0 Å². The van der Waals surface area contributed by atoms with Gasteiger partial charge in [-0.05, 0) is 19.4 Å². The Balaban J connectivity index is 3.21. The molecule has 0 bridgehead atoms. The fourth-order valence-corrected chi connectivity index (χ4v) is 1.46. The predicted molar refractivity (Wildman–Crippen MR) is 69.2 cm³/mol.